The topological polar surface area (TPSA) is 43.4 Å². The molecule has 0 aromatic heterocycles. The van der Waals surface area contributed by atoms with E-state index in [1.165, 1.54) is 0 Å². The van der Waals surface area contributed by atoms with Gasteiger partial charge in [-0.1, -0.05) is 51.7 Å². The Morgan fingerprint density at radius 2 is 1.53 bits per heavy atom. The fourth-order valence-electron chi connectivity index (χ4n) is 3.20. The van der Waals surface area contributed by atoms with Crippen molar-refractivity contribution in [3.63, 3.8) is 0 Å². The van der Waals surface area contributed by atoms with E-state index in [9.17, 15) is 8.42 Å². The summed E-state index contributed by atoms with van der Waals surface area (Å²) in [4.78, 5) is 0.249. The molecule has 0 saturated heterocycles. The SMILES string of the molecule is CC1C(C)C1(OS(=O)(=O)c1ccccc1)[Si](C)(C)C. The minimum Gasteiger partial charge on any atom is -0.263 e. The Balaban J connectivity index is 2.36. The molecule has 0 bridgehead atoms. The van der Waals surface area contributed by atoms with Crippen LogP contribution in [0.1, 0.15) is 13.8 Å². The van der Waals surface area contributed by atoms with Crippen LogP contribution in [0.15, 0.2) is 35.2 Å². The molecule has 19 heavy (non-hydrogen) atoms. The third-order valence-corrected chi connectivity index (χ3v) is 9.30. The van der Waals surface area contributed by atoms with Crippen LogP contribution >= 0.6 is 0 Å². The minimum atomic E-state index is -3.67. The van der Waals surface area contributed by atoms with Gasteiger partial charge in [-0.05, 0) is 24.0 Å². The number of benzene rings is 1. The number of hydrogen-bond acceptors (Lipinski definition) is 3. The second kappa shape index (κ2) is 4.43. The van der Waals surface area contributed by atoms with Gasteiger partial charge in [0.2, 0.25) is 0 Å². The first-order valence-corrected chi connectivity index (χ1v) is 11.5. The summed E-state index contributed by atoms with van der Waals surface area (Å²) in [5.74, 6) is 0.607. The van der Waals surface area contributed by atoms with Crippen LogP contribution in [0.25, 0.3) is 0 Å². The highest BCUT2D eigenvalue weighted by atomic mass is 32.2. The molecular weight excluding hydrogens is 276 g/mol. The van der Waals surface area contributed by atoms with Gasteiger partial charge in [0.25, 0.3) is 10.1 Å². The van der Waals surface area contributed by atoms with Crippen LogP contribution in [0.4, 0.5) is 0 Å². The summed E-state index contributed by atoms with van der Waals surface area (Å²) in [7, 11) is -5.41. The van der Waals surface area contributed by atoms with Crippen LogP contribution in [-0.4, -0.2) is 21.7 Å². The van der Waals surface area contributed by atoms with Gasteiger partial charge in [-0.15, -0.1) is 0 Å². The Morgan fingerprint density at radius 1 is 1.05 bits per heavy atom. The highest BCUT2D eigenvalue weighted by Crippen LogP contribution is 2.59. The second-order valence-electron chi connectivity index (χ2n) is 6.47. The molecule has 1 saturated carbocycles. The Hall–Kier alpha value is -0.653. The van der Waals surface area contributed by atoms with Gasteiger partial charge in [0.05, 0.1) is 18.2 Å². The molecule has 1 aliphatic rings. The van der Waals surface area contributed by atoms with E-state index in [0.29, 0.717) is 11.8 Å². The third-order valence-electron chi connectivity index (χ3n) is 4.45. The Kier molecular flexibility index (Phi) is 3.44. The lowest BCUT2D eigenvalue weighted by Crippen LogP contribution is -2.46. The number of rotatable bonds is 4. The molecule has 0 spiro atoms. The molecule has 106 valence electrons. The summed E-state index contributed by atoms with van der Waals surface area (Å²) >= 11 is 0. The van der Waals surface area contributed by atoms with Gasteiger partial charge in [0, 0.05) is 0 Å². The molecule has 3 nitrogen and oxygen atoms in total. The van der Waals surface area contributed by atoms with Gasteiger partial charge in [0.1, 0.15) is 0 Å². The Labute approximate surface area is 117 Å². The van der Waals surface area contributed by atoms with E-state index < -0.39 is 23.4 Å². The Morgan fingerprint density at radius 3 is 1.89 bits per heavy atom. The predicted molar refractivity (Wildman–Crippen MR) is 79.1 cm³/mol. The van der Waals surface area contributed by atoms with Gasteiger partial charge in [-0.2, -0.15) is 8.42 Å². The first kappa shape index (κ1) is 14.7. The van der Waals surface area contributed by atoms with Crippen LogP contribution in [0.2, 0.25) is 19.6 Å². The van der Waals surface area contributed by atoms with E-state index >= 15 is 0 Å². The average molecular weight is 298 g/mol. The summed E-state index contributed by atoms with van der Waals surface area (Å²) < 4.78 is 30.6. The zero-order chi connectivity index (χ0) is 14.5. The highest BCUT2D eigenvalue weighted by molar-refractivity contribution is 7.86. The molecular formula is C14H22O3SSi. The molecule has 0 N–H and O–H groups in total. The lowest BCUT2D eigenvalue weighted by atomic mass is 10.4. The normalized spacial score (nSPS) is 31.2. The maximum Gasteiger partial charge on any atom is 0.297 e. The summed E-state index contributed by atoms with van der Waals surface area (Å²) in [6, 6.07) is 8.42. The van der Waals surface area contributed by atoms with Gasteiger partial charge in [-0.25, -0.2) is 0 Å². The van der Waals surface area contributed by atoms with Gasteiger partial charge in [0.15, 0.2) is 0 Å². The van der Waals surface area contributed by atoms with Crippen molar-refractivity contribution in [2.75, 3.05) is 0 Å². The van der Waals surface area contributed by atoms with Crippen molar-refractivity contribution >= 4 is 18.2 Å². The molecule has 2 unspecified atom stereocenters. The van der Waals surface area contributed by atoms with Crippen LogP contribution in [0.5, 0.6) is 0 Å². The quantitative estimate of drug-likeness (QED) is 0.633. The summed E-state index contributed by atoms with van der Waals surface area (Å²) in [5, 5.41) is -0.457. The largest absolute Gasteiger partial charge is 0.297 e. The van der Waals surface area contributed by atoms with Gasteiger partial charge >= 0.3 is 0 Å². The van der Waals surface area contributed by atoms with Crippen molar-refractivity contribution in [2.45, 2.75) is 43.6 Å². The van der Waals surface area contributed by atoms with Crippen molar-refractivity contribution in [3.8, 4) is 0 Å². The van der Waals surface area contributed by atoms with E-state index in [2.05, 4.69) is 33.5 Å². The number of hydrogen-bond donors (Lipinski definition) is 0. The summed E-state index contributed by atoms with van der Waals surface area (Å²) in [5.41, 5.74) is 0. The Bertz CT molecular complexity index is 552. The maximum atomic E-state index is 12.4. The molecule has 5 heteroatoms. The van der Waals surface area contributed by atoms with Crippen LogP contribution in [0, 0.1) is 11.8 Å². The molecule has 0 aliphatic heterocycles. The third kappa shape index (κ3) is 2.28. The zero-order valence-corrected chi connectivity index (χ0v) is 14.0. The zero-order valence-electron chi connectivity index (χ0n) is 12.2. The second-order valence-corrected chi connectivity index (χ2v) is 13.3. The van der Waals surface area contributed by atoms with Crippen molar-refractivity contribution in [3.05, 3.63) is 30.3 Å². The van der Waals surface area contributed by atoms with Crippen molar-refractivity contribution in [2.24, 2.45) is 11.8 Å². The highest BCUT2D eigenvalue weighted by Gasteiger charge is 2.69. The maximum absolute atomic E-state index is 12.4. The first-order valence-electron chi connectivity index (χ1n) is 6.63. The lowest BCUT2D eigenvalue weighted by molar-refractivity contribution is 0.231. The van der Waals surface area contributed by atoms with Crippen molar-refractivity contribution in [1.29, 1.82) is 0 Å². The fraction of sp³-hybridized carbons (Fsp3) is 0.571. The van der Waals surface area contributed by atoms with Crippen molar-refractivity contribution < 1.29 is 12.6 Å². The fourth-order valence-corrected chi connectivity index (χ4v) is 8.93. The smallest absolute Gasteiger partial charge is 0.263 e. The summed E-state index contributed by atoms with van der Waals surface area (Å²) in [6.07, 6.45) is 0. The van der Waals surface area contributed by atoms with Crippen molar-refractivity contribution in [1.82, 2.24) is 0 Å². The monoisotopic (exact) mass is 298 g/mol. The first-order chi connectivity index (χ1) is 8.63. The summed E-state index contributed by atoms with van der Waals surface area (Å²) in [6.45, 7) is 10.7. The van der Waals surface area contributed by atoms with E-state index in [4.69, 9.17) is 4.18 Å². The lowest BCUT2D eigenvalue weighted by Gasteiger charge is -2.30. The predicted octanol–water partition coefficient (Wildman–Crippen LogP) is 3.29. The molecule has 2 atom stereocenters. The molecule has 1 aliphatic carbocycles. The molecule has 2 rings (SSSR count). The molecule has 1 fully saturated rings. The molecule has 0 heterocycles. The van der Waals surface area contributed by atoms with Gasteiger partial charge < -0.3 is 0 Å². The van der Waals surface area contributed by atoms with E-state index in [0.717, 1.165) is 0 Å². The molecule has 1 aromatic rings. The van der Waals surface area contributed by atoms with Gasteiger partial charge in [-0.3, -0.25) is 4.18 Å². The molecule has 1 aromatic carbocycles. The molecule has 0 amide bonds. The molecule has 0 radical (unpaired) electrons. The van der Waals surface area contributed by atoms with Crippen LogP contribution in [0.3, 0.4) is 0 Å². The van der Waals surface area contributed by atoms with E-state index in [1.807, 2.05) is 0 Å². The van der Waals surface area contributed by atoms with Crippen LogP contribution in [-0.2, 0) is 14.3 Å². The van der Waals surface area contributed by atoms with E-state index in [1.54, 1.807) is 30.3 Å². The minimum absolute atomic E-state index is 0.249. The van der Waals surface area contributed by atoms with Crippen LogP contribution < -0.4 is 0 Å². The van der Waals surface area contributed by atoms with E-state index in [-0.39, 0.29) is 4.90 Å². The standard InChI is InChI=1S/C14H22O3SSi/c1-11-12(2)14(11,19(3,4)5)17-18(15,16)13-9-7-6-8-10-13/h6-12H,1-5H3. The average Bonchev–Trinajstić information content (AvgIpc) is 2.83.